The first-order valence-corrected chi connectivity index (χ1v) is 11.3. The van der Waals surface area contributed by atoms with Crippen LogP contribution in [0.25, 0.3) is 34.0 Å². The van der Waals surface area contributed by atoms with Gasteiger partial charge in [-0.15, -0.1) is 0 Å². The molecule has 0 unspecified atom stereocenters. The van der Waals surface area contributed by atoms with Crippen molar-refractivity contribution in [1.82, 2.24) is 24.8 Å². The molecular weight excluding hydrogens is 415 g/mol. The van der Waals surface area contributed by atoms with Gasteiger partial charge in [-0.2, -0.15) is 0 Å². The van der Waals surface area contributed by atoms with Crippen LogP contribution < -0.4 is 11.1 Å². The molecule has 0 saturated carbocycles. The average Bonchev–Trinajstić information content (AvgIpc) is 3.25. The van der Waals surface area contributed by atoms with Gasteiger partial charge >= 0.3 is 0 Å². The molecule has 6 nitrogen and oxygen atoms in total. The largest absolute Gasteiger partial charge is 0.396 e. The maximum absolute atomic E-state index is 14.8. The van der Waals surface area contributed by atoms with Crippen molar-refractivity contribution >= 4 is 5.69 Å². The van der Waals surface area contributed by atoms with Crippen molar-refractivity contribution in [3.63, 3.8) is 0 Å². The molecule has 1 saturated heterocycles. The molecule has 168 valence electrons. The first-order valence-electron chi connectivity index (χ1n) is 11.3. The van der Waals surface area contributed by atoms with Crippen LogP contribution in [0.2, 0.25) is 0 Å². The van der Waals surface area contributed by atoms with Gasteiger partial charge in [-0.05, 0) is 63.0 Å². The Morgan fingerprint density at radius 1 is 0.970 bits per heavy atom. The van der Waals surface area contributed by atoms with E-state index in [2.05, 4.69) is 19.9 Å². The normalized spacial score (nSPS) is 14.5. The lowest BCUT2D eigenvalue weighted by Gasteiger charge is -2.26. The van der Waals surface area contributed by atoms with Gasteiger partial charge in [0, 0.05) is 17.2 Å². The molecule has 3 N–H and O–H groups in total. The minimum atomic E-state index is -0.322. The summed E-state index contributed by atoms with van der Waals surface area (Å²) in [6.45, 7) is 5.94. The molecule has 1 aliphatic heterocycles. The summed E-state index contributed by atoms with van der Waals surface area (Å²) in [6, 6.07) is 13.0. The number of imidazole rings is 1. The first kappa shape index (κ1) is 21.3. The fourth-order valence-corrected chi connectivity index (χ4v) is 4.68. The summed E-state index contributed by atoms with van der Waals surface area (Å²) in [5.74, 6) is 0.282. The Morgan fingerprint density at radius 3 is 2.42 bits per heavy atom. The lowest BCUT2D eigenvalue weighted by atomic mass is 10.0. The molecular formula is C26H27FN6. The van der Waals surface area contributed by atoms with Gasteiger partial charge in [0.25, 0.3) is 0 Å². The molecule has 2 aromatic carbocycles. The summed E-state index contributed by atoms with van der Waals surface area (Å²) in [4.78, 5) is 14.2. The van der Waals surface area contributed by atoms with E-state index in [4.69, 9.17) is 10.7 Å². The van der Waals surface area contributed by atoms with Crippen LogP contribution in [0.5, 0.6) is 0 Å². The van der Waals surface area contributed by atoms with Crippen molar-refractivity contribution in [3.8, 4) is 34.0 Å². The standard InChI is InChI=1S/C26H27FN6/c1-16-6-5-7-17(2)22(16)26-30-14-21(28)24(32-26)25-23(19-8-3-4-9-20(19)27)31-15-33(25)18-10-12-29-13-11-18/h3-9,14-15,18,29H,10-13,28H2,1-2H3. The van der Waals surface area contributed by atoms with Crippen LogP contribution in [-0.2, 0) is 0 Å². The third-order valence-corrected chi connectivity index (χ3v) is 6.37. The van der Waals surface area contributed by atoms with Crippen molar-refractivity contribution in [3.05, 3.63) is 71.9 Å². The summed E-state index contributed by atoms with van der Waals surface area (Å²) in [7, 11) is 0. The van der Waals surface area contributed by atoms with Crippen LogP contribution in [0.4, 0.5) is 10.1 Å². The van der Waals surface area contributed by atoms with Crippen LogP contribution in [0.15, 0.2) is 55.0 Å². The number of anilines is 1. The number of aromatic nitrogens is 4. The number of hydrogen-bond donors (Lipinski definition) is 2. The molecule has 1 aliphatic rings. The Kier molecular flexibility index (Phi) is 5.64. The molecule has 0 spiro atoms. The second-order valence-corrected chi connectivity index (χ2v) is 8.57. The fraction of sp³-hybridized carbons (Fsp3) is 0.269. The SMILES string of the molecule is Cc1cccc(C)c1-c1ncc(N)c(-c2c(-c3ccccc3F)ncn2C2CCNCC2)n1. The maximum atomic E-state index is 14.8. The van der Waals surface area contributed by atoms with Crippen LogP contribution >= 0.6 is 0 Å². The highest BCUT2D eigenvalue weighted by Crippen LogP contribution is 2.38. The number of benzene rings is 2. The molecule has 0 amide bonds. The Labute approximate surface area is 192 Å². The van der Waals surface area contributed by atoms with Crippen molar-refractivity contribution in [2.75, 3.05) is 18.8 Å². The molecule has 4 aromatic rings. The van der Waals surface area contributed by atoms with E-state index in [9.17, 15) is 4.39 Å². The zero-order chi connectivity index (χ0) is 22.9. The predicted octanol–water partition coefficient (Wildman–Crippen LogP) is 4.94. The molecule has 0 aliphatic carbocycles. The van der Waals surface area contributed by atoms with Gasteiger partial charge in [-0.3, -0.25) is 0 Å². The Hall–Kier alpha value is -3.58. The van der Waals surface area contributed by atoms with E-state index in [1.54, 1.807) is 24.7 Å². The van der Waals surface area contributed by atoms with Gasteiger partial charge in [0.15, 0.2) is 5.82 Å². The van der Waals surface area contributed by atoms with Crippen LogP contribution in [0.3, 0.4) is 0 Å². The summed E-state index contributed by atoms with van der Waals surface area (Å²) in [5, 5.41) is 3.40. The minimum absolute atomic E-state index is 0.229. The summed E-state index contributed by atoms with van der Waals surface area (Å²) in [5.41, 5.74) is 12.4. The lowest BCUT2D eigenvalue weighted by molar-refractivity contribution is 0.370. The zero-order valence-electron chi connectivity index (χ0n) is 18.8. The summed E-state index contributed by atoms with van der Waals surface area (Å²) >= 11 is 0. The lowest BCUT2D eigenvalue weighted by Crippen LogP contribution is -2.29. The number of rotatable bonds is 4. The van der Waals surface area contributed by atoms with E-state index in [-0.39, 0.29) is 11.9 Å². The average molecular weight is 443 g/mol. The molecule has 0 radical (unpaired) electrons. The van der Waals surface area contributed by atoms with E-state index < -0.39 is 0 Å². The number of aryl methyl sites for hydroxylation is 2. The minimum Gasteiger partial charge on any atom is -0.396 e. The summed E-state index contributed by atoms with van der Waals surface area (Å²) in [6.07, 6.45) is 5.35. The zero-order valence-corrected chi connectivity index (χ0v) is 18.8. The van der Waals surface area contributed by atoms with Crippen molar-refractivity contribution in [1.29, 1.82) is 0 Å². The Balaban J connectivity index is 1.74. The smallest absolute Gasteiger partial charge is 0.160 e. The number of piperidine rings is 1. The van der Waals surface area contributed by atoms with Gasteiger partial charge < -0.3 is 15.6 Å². The summed E-state index contributed by atoms with van der Waals surface area (Å²) < 4.78 is 17.0. The molecule has 2 aromatic heterocycles. The van der Waals surface area contributed by atoms with Crippen molar-refractivity contribution < 1.29 is 4.39 Å². The van der Waals surface area contributed by atoms with Gasteiger partial charge in [0.2, 0.25) is 0 Å². The molecule has 33 heavy (non-hydrogen) atoms. The quantitative estimate of drug-likeness (QED) is 0.468. The molecule has 0 atom stereocenters. The number of nitrogens with zero attached hydrogens (tertiary/aromatic N) is 4. The van der Waals surface area contributed by atoms with Crippen LogP contribution in [0, 0.1) is 19.7 Å². The van der Waals surface area contributed by atoms with Crippen LogP contribution in [-0.4, -0.2) is 32.6 Å². The number of nitrogen functional groups attached to an aromatic ring is 1. The third-order valence-electron chi connectivity index (χ3n) is 6.37. The van der Waals surface area contributed by atoms with Crippen LogP contribution in [0.1, 0.15) is 30.0 Å². The van der Waals surface area contributed by atoms with Crippen molar-refractivity contribution in [2.24, 2.45) is 0 Å². The van der Waals surface area contributed by atoms with Crippen molar-refractivity contribution in [2.45, 2.75) is 32.7 Å². The Morgan fingerprint density at radius 2 is 1.70 bits per heavy atom. The highest BCUT2D eigenvalue weighted by atomic mass is 19.1. The molecule has 1 fully saturated rings. The topological polar surface area (TPSA) is 81.6 Å². The molecule has 7 heteroatoms. The second-order valence-electron chi connectivity index (χ2n) is 8.57. The number of hydrogen-bond acceptors (Lipinski definition) is 5. The van der Waals surface area contributed by atoms with E-state index in [0.29, 0.717) is 28.5 Å². The van der Waals surface area contributed by atoms with E-state index in [0.717, 1.165) is 48.3 Å². The fourth-order valence-electron chi connectivity index (χ4n) is 4.68. The number of nitrogens with one attached hydrogen (secondary N) is 1. The monoisotopic (exact) mass is 442 g/mol. The van der Waals surface area contributed by atoms with Gasteiger partial charge in [0.05, 0.1) is 23.9 Å². The molecule has 5 rings (SSSR count). The second kappa shape index (κ2) is 8.75. The van der Waals surface area contributed by atoms with E-state index in [1.165, 1.54) is 6.07 Å². The van der Waals surface area contributed by atoms with E-state index in [1.807, 2.05) is 38.1 Å². The highest BCUT2D eigenvalue weighted by Gasteiger charge is 2.26. The van der Waals surface area contributed by atoms with Gasteiger partial charge in [-0.1, -0.05) is 30.3 Å². The maximum Gasteiger partial charge on any atom is 0.160 e. The number of nitrogens with two attached hydrogens (primary N) is 1. The first-order chi connectivity index (χ1) is 16.0. The number of halogens is 1. The Bertz CT molecular complexity index is 1290. The van der Waals surface area contributed by atoms with Gasteiger partial charge in [-0.25, -0.2) is 19.3 Å². The van der Waals surface area contributed by atoms with E-state index >= 15 is 0 Å². The van der Waals surface area contributed by atoms with Gasteiger partial charge in [0.1, 0.15) is 17.2 Å². The highest BCUT2D eigenvalue weighted by molar-refractivity contribution is 5.83. The molecule has 3 heterocycles. The predicted molar refractivity (Wildman–Crippen MR) is 129 cm³/mol. The third kappa shape index (κ3) is 3.89. The molecule has 0 bridgehead atoms.